The van der Waals surface area contributed by atoms with Gasteiger partial charge in [0.15, 0.2) is 11.5 Å². The molecule has 2 unspecified atom stereocenters. The summed E-state index contributed by atoms with van der Waals surface area (Å²) in [6.07, 6.45) is -1.92. The molecule has 0 aromatic heterocycles. The zero-order chi connectivity index (χ0) is 12.8. The molecule has 0 aliphatic carbocycles. The number of aliphatic hydroxyl groups is 2. The van der Waals surface area contributed by atoms with E-state index < -0.39 is 12.2 Å². The Morgan fingerprint density at radius 2 is 1.94 bits per heavy atom. The minimum Gasteiger partial charge on any atom is -0.493 e. The Balaban J connectivity index is 3.03. The molecule has 0 fully saturated rings. The lowest BCUT2D eigenvalue weighted by atomic mass is 10.0. The number of nitrogens with one attached hydrogen (secondary N) is 1. The van der Waals surface area contributed by atoms with Crippen LogP contribution in [0.4, 0.5) is 0 Å². The molecule has 3 N–H and O–H groups in total. The van der Waals surface area contributed by atoms with Gasteiger partial charge in [-0.2, -0.15) is 0 Å². The average Bonchev–Trinajstić information content (AvgIpc) is 2.36. The molecule has 1 rings (SSSR count). The van der Waals surface area contributed by atoms with Crippen molar-refractivity contribution in [3.8, 4) is 11.5 Å². The molecule has 2 atom stereocenters. The first-order valence-electron chi connectivity index (χ1n) is 5.37. The van der Waals surface area contributed by atoms with E-state index in [0.717, 1.165) is 0 Å². The lowest BCUT2D eigenvalue weighted by Gasteiger charge is -2.21. The maximum absolute atomic E-state index is 10.0. The van der Waals surface area contributed by atoms with Crippen LogP contribution in [0, 0.1) is 0 Å². The molecule has 5 heteroatoms. The van der Waals surface area contributed by atoms with Crippen LogP contribution < -0.4 is 14.8 Å². The second kappa shape index (κ2) is 6.44. The third-order valence-electron chi connectivity index (χ3n) is 2.53. The molecule has 0 radical (unpaired) electrons. The van der Waals surface area contributed by atoms with Crippen LogP contribution >= 0.6 is 0 Å². The summed E-state index contributed by atoms with van der Waals surface area (Å²) in [6.45, 7) is 0.293. The van der Waals surface area contributed by atoms with Gasteiger partial charge in [0, 0.05) is 12.1 Å². The molecule has 0 spiro atoms. The highest BCUT2D eigenvalue weighted by atomic mass is 16.5. The summed E-state index contributed by atoms with van der Waals surface area (Å²) in [5, 5.41) is 22.6. The molecule has 0 saturated heterocycles. The fraction of sp³-hybridized carbons (Fsp3) is 0.500. The SMILES string of the molecule is CNCC(O)C(O)c1cccc(OC)c1OC. The van der Waals surface area contributed by atoms with Crippen LogP contribution in [0.3, 0.4) is 0 Å². The number of methoxy groups -OCH3 is 2. The van der Waals surface area contributed by atoms with Crippen LogP contribution in [-0.2, 0) is 0 Å². The number of ether oxygens (including phenoxy) is 2. The van der Waals surface area contributed by atoms with E-state index >= 15 is 0 Å². The topological polar surface area (TPSA) is 71.0 Å². The maximum Gasteiger partial charge on any atom is 0.166 e. The first-order chi connectivity index (χ1) is 8.15. The minimum absolute atomic E-state index is 0.293. The van der Waals surface area contributed by atoms with Gasteiger partial charge >= 0.3 is 0 Å². The molecule has 0 heterocycles. The Labute approximate surface area is 101 Å². The normalized spacial score (nSPS) is 14.2. The quantitative estimate of drug-likeness (QED) is 0.669. The Morgan fingerprint density at radius 3 is 2.47 bits per heavy atom. The Morgan fingerprint density at radius 1 is 1.24 bits per heavy atom. The van der Waals surface area contributed by atoms with E-state index in [1.165, 1.54) is 14.2 Å². The lowest BCUT2D eigenvalue weighted by molar-refractivity contribution is 0.0187. The number of hydrogen-bond acceptors (Lipinski definition) is 5. The van der Waals surface area contributed by atoms with Gasteiger partial charge < -0.3 is 25.0 Å². The van der Waals surface area contributed by atoms with Crippen molar-refractivity contribution in [1.29, 1.82) is 0 Å². The average molecular weight is 241 g/mol. The summed E-state index contributed by atoms with van der Waals surface area (Å²) in [7, 11) is 4.73. The number of likely N-dealkylation sites (N-methyl/N-ethyl adjacent to an activating group) is 1. The number of aliphatic hydroxyl groups excluding tert-OH is 2. The molecule has 0 amide bonds. The summed E-state index contributed by atoms with van der Waals surface area (Å²) in [5.41, 5.74) is 0.509. The number of para-hydroxylation sites is 1. The van der Waals surface area contributed by atoms with Gasteiger partial charge in [0.2, 0.25) is 0 Å². The summed E-state index contributed by atoms with van der Waals surface area (Å²) in [5.74, 6) is 0.971. The van der Waals surface area contributed by atoms with Crippen molar-refractivity contribution in [2.24, 2.45) is 0 Å². The van der Waals surface area contributed by atoms with Gasteiger partial charge in [0.25, 0.3) is 0 Å². The second-order valence-electron chi connectivity index (χ2n) is 3.65. The molecule has 96 valence electrons. The van der Waals surface area contributed by atoms with Crippen LogP contribution in [0.15, 0.2) is 18.2 Å². The van der Waals surface area contributed by atoms with Crippen molar-refractivity contribution < 1.29 is 19.7 Å². The minimum atomic E-state index is -1.02. The van der Waals surface area contributed by atoms with Crippen LogP contribution in [0.25, 0.3) is 0 Å². The van der Waals surface area contributed by atoms with Crippen LogP contribution in [0.1, 0.15) is 11.7 Å². The van der Waals surface area contributed by atoms with Crippen molar-refractivity contribution >= 4 is 0 Å². The third kappa shape index (κ3) is 3.09. The highest BCUT2D eigenvalue weighted by molar-refractivity contribution is 5.47. The Bertz CT molecular complexity index is 356. The van der Waals surface area contributed by atoms with Crippen molar-refractivity contribution in [2.45, 2.75) is 12.2 Å². The maximum atomic E-state index is 10.0. The molecule has 0 aliphatic rings. The molecule has 17 heavy (non-hydrogen) atoms. The zero-order valence-corrected chi connectivity index (χ0v) is 10.3. The van der Waals surface area contributed by atoms with Crippen molar-refractivity contribution in [2.75, 3.05) is 27.8 Å². The van der Waals surface area contributed by atoms with Crippen LogP contribution in [0.5, 0.6) is 11.5 Å². The van der Waals surface area contributed by atoms with E-state index in [1.807, 2.05) is 0 Å². The highest BCUT2D eigenvalue weighted by Crippen LogP contribution is 2.35. The Hall–Kier alpha value is -1.30. The summed E-state index contributed by atoms with van der Waals surface area (Å²) in [6, 6.07) is 5.18. The van der Waals surface area contributed by atoms with Gasteiger partial charge in [0.05, 0.1) is 20.3 Å². The molecule has 5 nitrogen and oxygen atoms in total. The smallest absolute Gasteiger partial charge is 0.166 e. The van der Waals surface area contributed by atoms with E-state index in [4.69, 9.17) is 9.47 Å². The Kier molecular flexibility index (Phi) is 5.21. The van der Waals surface area contributed by atoms with Gasteiger partial charge in [-0.3, -0.25) is 0 Å². The first kappa shape index (κ1) is 13.8. The zero-order valence-electron chi connectivity index (χ0n) is 10.3. The van der Waals surface area contributed by atoms with Gasteiger partial charge in [-0.05, 0) is 13.1 Å². The molecule has 0 saturated carbocycles. The molecular weight excluding hydrogens is 222 g/mol. The van der Waals surface area contributed by atoms with E-state index in [9.17, 15) is 10.2 Å². The van der Waals surface area contributed by atoms with Crippen LogP contribution in [-0.4, -0.2) is 44.1 Å². The predicted octanol–water partition coefficient (Wildman–Crippen LogP) is 0.317. The van der Waals surface area contributed by atoms with Crippen molar-refractivity contribution in [3.05, 3.63) is 23.8 Å². The molecular formula is C12H19NO4. The van der Waals surface area contributed by atoms with E-state index in [1.54, 1.807) is 25.2 Å². The fourth-order valence-corrected chi connectivity index (χ4v) is 1.67. The second-order valence-corrected chi connectivity index (χ2v) is 3.65. The fourth-order valence-electron chi connectivity index (χ4n) is 1.67. The number of hydrogen-bond donors (Lipinski definition) is 3. The van der Waals surface area contributed by atoms with E-state index in [2.05, 4.69) is 5.32 Å². The van der Waals surface area contributed by atoms with Crippen molar-refractivity contribution in [1.82, 2.24) is 5.32 Å². The largest absolute Gasteiger partial charge is 0.493 e. The van der Waals surface area contributed by atoms with E-state index in [0.29, 0.717) is 23.6 Å². The third-order valence-corrected chi connectivity index (χ3v) is 2.53. The van der Waals surface area contributed by atoms with Gasteiger partial charge in [-0.25, -0.2) is 0 Å². The number of rotatable bonds is 6. The van der Waals surface area contributed by atoms with Crippen LogP contribution in [0.2, 0.25) is 0 Å². The first-order valence-corrected chi connectivity index (χ1v) is 5.37. The summed E-state index contributed by atoms with van der Waals surface area (Å²) >= 11 is 0. The number of benzene rings is 1. The summed E-state index contributed by atoms with van der Waals surface area (Å²) < 4.78 is 10.3. The lowest BCUT2D eigenvalue weighted by Crippen LogP contribution is -2.29. The molecule has 0 aliphatic heterocycles. The standard InChI is InChI=1S/C12H19NO4/c1-13-7-9(14)11(15)8-5-4-6-10(16-2)12(8)17-3/h4-6,9,11,13-15H,7H2,1-3H3. The monoisotopic (exact) mass is 241 g/mol. The molecule has 0 bridgehead atoms. The van der Waals surface area contributed by atoms with Gasteiger partial charge in [-0.15, -0.1) is 0 Å². The molecule has 1 aromatic rings. The van der Waals surface area contributed by atoms with Gasteiger partial charge in [-0.1, -0.05) is 12.1 Å². The van der Waals surface area contributed by atoms with Crippen molar-refractivity contribution in [3.63, 3.8) is 0 Å². The highest BCUT2D eigenvalue weighted by Gasteiger charge is 2.23. The van der Waals surface area contributed by atoms with E-state index in [-0.39, 0.29) is 0 Å². The summed E-state index contributed by atoms with van der Waals surface area (Å²) in [4.78, 5) is 0. The predicted molar refractivity (Wildman–Crippen MR) is 64.4 cm³/mol. The molecule has 1 aromatic carbocycles. The van der Waals surface area contributed by atoms with Gasteiger partial charge in [0.1, 0.15) is 6.10 Å².